The Bertz CT molecular complexity index is 1030. The number of benzene rings is 1. The molecule has 0 atom stereocenters. The van der Waals surface area contributed by atoms with Crippen LogP contribution in [-0.2, 0) is 10.1 Å². The number of methoxy groups -OCH3 is 1. The average molecular weight is 376 g/mol. The minimum atomic E-state index is -4.62. The van der Waals surface area contributed by atoms with Gasteiger partial charge in [-0.1, -0.05) is 5.11 Å². The van der Waals surface area contributed by atoms with Crippen LogP contribution >= 0.6 is 0 Å². The summed E-state index contributed by atoms with van der Waals surface area (Å²) in [7, 11) is 0.0733. The van der Waals surface area contributed by atoms with Gasteiger partial charge in [0.25, 0.3) is 10.1 Å². The highest BCUT2D eigenvalue weighted by molar-refractivity contribution is 7.86. The maximum Gasteiger partial charge on any atom is 0.343 e. The Hall–Kier alpha value is -3.48. The van der Waals surface area contributed by atoms with Crippen molar-refractivity contribution < 1.29 is 22.1 Å². The largest absolute Gasteiger partial charge is 0.495 e. The smallest absolute Gasteiger partial charge is 0.343 e. The second kappa shape index (κ2) is 7.18. The van der Waals surface area contributed by atoms with Crippen LogP contribution in [0.5, 0.6) is 5.75 Å². The minimum absolute atomic E-state index is 0.245. The number of oxazole rings is 1. The van der Waals surface area contributed by atoms with Gasteiger partial charge in [-0.25, -0.2) is 0 Å². The van der Waals surface area contributed by atoms with E-state index < -0.39 is 21.0 Å². The summed E-state index contributed by atoms with van der Waals surface area (Å²) in [6, 6.07) is 5.27. The third kappa shape index (κ3) is 3.77. The van der Waals surface area contributed by atoms with Gasteiger partial charge in [0.05, 0.1) is 12.8 Å². The number of anilines is 1. The monoisotopic (exact) mass is 376 g/mol. The lowest BCUT2D eigenvalue weighted by Crippen LogP contribution is -2.11. The SMILES string of the molecule is COc1cc(N=Nc2nc(C#N)c(C#N)o2)c(S(=O)(=O)O)cc1N(C)C. The number of nitriles is 2. The molecule has 0 amide bonds. The van der Waals surface area contributed by atoms with Crippen LogP contribution in [0.2, 0.25) is 0 Å². The number of nitrogens with zero attached hydrogens (tertiary/aromatic N) is 6. The molecule has 0 aliphatic heterocycles. The Balaban J connectivity index is 2.60. The summed E-state index contributed by atoms with van der Waals surface area (Å²) >= 11 is 0. The zero-order chi connectivity index (χ0) is 19.5. The molecule has 134 valence electrons. The molecule has 1 aromatic carbocycles. The number of rotatable bonds is 5. The maximum absolute atomic E-state index is 11.7. The van der Waals surface area contributed by atoms with Gasteiger partial charge < -0.3 is 14.1 Å². The van der Waals surface area contributed by atoms with E-state index >= 15 is 0 Å². The zero-order valence-electron chi connectivity index (χ0n) is 13.8. The van der Waals surface area contributed by atoms with E-state index in [-0.39, 0.29) is 22.9 Å². The first-order chi connectivity index (χ1) is 12.2. The molecule has 0 aliphatic carbocycles. The standard InChI is InChI=1S/C14H12N6O5S/c1-20(2)10-5-13(26(21,22)23)8(4-11(10)24-3)18-19-14-17-9(6-15)12(7-16)25-14/h4-5H,1-3H3,(H,21,22,23). The van der Waals surface area contributed by atoms with Gasteiger partial charge in [-0.15, -0.1) is 5.11 Å². The highest BCUT2D eigenvalue weighted by atomic mass is 32.2. The number of hydrogen-bond acceptors (Lipinski definition) is 10. The van der Waals surface area contributed by atoms with Crippen molar-refractivity contribution in [2.24, 2.45) is 10.2 Å². The maximum atomic E-state index is 11.7. The molecule has 1 N–H and O–H groups in total. The van der Waals surface area contributed by atoms with E-state index in [0.717, 1.165) is 0 Å². The summed E-state index contributed by atoms with van der Waals surface area (Å²) in [6.45, 7) is 0. The molecule has 0 unspecified atom stereocenters. The van der Waals surface area contributed by atoms with Crippen molar-refractivity contribution >= 4 is 27.5 Å². The van der Waals surface area contributed by atoms with Gasteiger partial charge in [0.15, 0.2) is 5.69 Å². The lowest BCUT2D eigenvalue weighted by atomic mass is 10.2. The van der Waals surface area contributed by atoms with E-state index in [0.29, 0.717) is 5.69 Å². The summed E-state index contributed by atoms with van der Waals surface area (Å²) in [6.07, 6.45) is 0. The quantitative estimate of drug-likeness (QED) is 0.607. The Labute approximate surface area is 148 Å². The molecule has 0 spiro atoms. The normalized spacial score (nSPS) is 11.2. The van der Waals surface area contributed by atoms with Gasteiger partial charge >= 0.3 is 6.01 Å². The minimum Gasteiger partial charge on any atom is -0.495 e. The average Bonchev–Trinajstić information content (AvgIpc) is 3.00. The topological polar surface area (TPSA) is 165 Å². The van der Waals surface area contributed by atoms with Crippen LogP contribution in [0.15, 0.2) is 31.7 Å². The van der Waals surface area contributed by atoms with Crippen molar-refractivity contribution in [2.45, 2.75) is 4.90 Å². The Morgan fingerprint density at radius 2 is 1.96 bits per heavy atom. The first kappa shape index (κ1) is 18.9. The molecule has 0 saturated carbocycles. The molecule has 26 heavy (non-hydrogen) atoms. The molecule has 12 heteroatoms. The van der Waals surface area contributed by atoms with Crippen LogP contribution in [0.1, 0.15) is 11.5 Å². The fourth-order valence-electron chi connectivity index (χ4n) is 1.94. The number of azo groups is 1. The molecule has 0 aliphatic rings. The Morgan fingerprint density at radius 3 is 2.42 bits per heavy atom. The fraction of sp³-hybridized carbons (Fsp3) is 0.214. The Morgan fingerprint density at radius 1 is 1.27 bits per heavy atom. The van der Waals surface area contributed by atoms with Crippen molar-refractivity contribution in [3.63, 3.8) is 0 Å². The number of aromatic nitrogens is 1. The van der Waals surface area contributed by atoms with E-state index in [4.69, 9.17) is 19.7 Å². The third-order valence-corrected chi connectivity index (χ3v) is 3.97. The molecule has 0 saturated heterocycles. The highest BCUT2D eigenvalue weighted by Gasteiger charge is 2.21. The highest BCUT2D eigenvalue weighted by Crippen LogP contribution is 2.37. The third-order valence-electron chi connectivity index (χ3n) is 3.09. The van der Waals surface area contributed by atoms with E-state index in [2.05, 4.69) is 15.2 Å². The molecular weight excluding hydrogens is 364 g/mol. The first-order valence-electron chi connectivity index (χ1n) is 6.81. The van der Waals surface area contributed by atoms with Crippen molar-refractivity contribution in [3.8, 4) is 17.9 Å². The predicted octanol–water partition coefficient (Wildman–Crippen LogP) is 2.15. The van der Waals surface area contributed by atoms with Crippen molar-refractivity contribution in [1.82, 2.24) is 4.98 Å². The predicted molar refractivity (Wildman–Crippen MR) is 87.2 cm³/mol. The van der Waals surface area contributed by atoms with E-state index in [1.165, 1.54) is 19.2 Å². The molecule has 1 heterocycles. The molecule has 0 fully saturated rings. The van der Waals surface area contributed by atoms with Gasteiger partial charge in [-0.2, -0.15) is 23.9 Å². The van der Waals surface area contributed by atoms with Crippen molar-refractivity contribution in [1.29, 1.82) is 10.5 Å². The van der Waals surface area contributed by atoms with Gasteiger partial charge in [0.1, 0.15) is 28.5 Å². The van der Waals surface area contributed by atoms with E-state index in [1.54, 1.807) is 31.1 Å². The van der Waals surface area contributed by atoms with Gasteiger partial charge in [0.2, 0.25) is 5.76 Å². The summed E-state index contributed by atoms with van der Waals surface area (Å²) in [4.78, 5) is 4.70. The molecule has 2 rings (SSSR count). The van der Waals surface area contributed by atoms with Crippen molar-refractivity contribution in [2.75, 3.05) is 26.1 Å². The van der Waals surface area contributed by atoms with E-state index in [9.17, 15) is 13.0 Å². The molecular formula is C14H12N6O5S. The van der Waals surface area contributed by atoms with Gasteiger partial charge in [0, 0.05) is 20.2 Å². The Kier molecular flexibility index (Phi) is 5.21. The fourth-order valence-corrected chi connectivity index (χ4v) is 2.56. The molecule has 0 radical (unpaired) electrons. The second-order valence-corrected chi connectivity index (χ2v) is 6.35. The molecule has 0 bridgehead atoms. The lowest BCUT2D eigenvalue weighted by Gasteiger charge is -2.18. The molecule has 1 aromatic heterocycles. The van der Waals surface area contributed by atoms with Crippen LogP contribution in [-0.4, -0.2) is 39.2 Å². The van der Waals surface area contributed by atoms with E-state index in [1.807, 2.05) is 0 Å². The lowest BCUT2D eigenvalue weighted by molar-refractivity contribution is 0.415. The van der Waals surface area contributed by atoms with Crippen LogP contribution in [0.3, 0.4) is 0 Å². The summed E-state index contributed by atoms with van der Waals surface area (Å²) < 4.78 is 42.9. The summed E-state index contributed by atoms with van der Waals surface area (Å²) in [5.41, 5.74) is -0.143. The molecule has 11 nitrogen and oxygen atoms in total. The second-order valence-electron chi connectivity index (χ2n) is 4.96. The summed E-state index contributed by atoms with van der Waals surface area (Å²) in [5.74, 6) is -0.0730. The zero-order valence-corrected chi connectivity index (χ0v) is 14.6. The molecule has 2 aromatic rings. The van der Waals surface area contributed by atoms with Gasteiger partial charge in [-0.05, 0) is 6.07 Å². The van der Waals surface area contributed by atoms with Crippen LogP contribution < -0.4 is 9.64 Å². The number of hydrogen-bond donors (Lipinski definition) is 1. The van der Waals surface area contributed by atoms with Crippen molar-refractivity contribution in [3.05, 3.63) is 23.6 Å². The van der Waals surface area contributed by atoms with Crippen LogP contribution in [0.4, 0.5) is 17.4 Å². The van der Waals surface area contributed by atoms with Gasteiger partial charge in [-0.3, -0.25) is 4.55 Å². The van der Waals surface area contributed by atoms with Crippen LogP contribution in [0.25, 0.3) is 0 Å². The van der Waals surface area contributed by atoms with Crippen LogP contribution in [0, 0.1) is 22.7 Å². The summed E-state index contributed by atoms with van der Waals surface area (Å²) in [5, 5.41) is 24.9. The number of ether oxygens (including phenoxy) is 1. The first-order valence-corrected chi connectivity index (χ1v) is 8.25.